The third-order valence-electron chi connectivity index (χ3n) is 4.81. The minimum atomic E-state index is -1.31. The minimum absolute atomic E-state index is 0.0597. The molecular formula is C19H23FN2O4. The zero-order chi connectivity index (χ0) is 18.8. The lowest BCUT2D eigenvalue weighted by molar-refractivity contribution is 0.0695. The fourth-order valence-electron chi connectivity index (χ4n) is 3.23. The first-order chi connectivity index (χ1) is 12.5. The number of benzene rings is 1. The summed E-state index contributed by atoms with van der Waals surface area (Å²) < 4.78 is 16.4. The van der Waals surface area contributed by atoms with Gasteiger partial charge >= 0.3 is 5.97 Å². The second-order valence-corrected chi connectivity index (χ2v) is 6.75. The highest BCUT2D eigenvalue weighted by molar-refractivity contribution is 5.93. The molecule has 0 saturated heterocycles. The first-order valence-electron chi connectivity index (χ1n) is 8.95. The Morgan fingerprint density at radius 3 is 2.65 bits per heavy atom. The summed E-state index contributed by atoms with van der Waals surface area (Å²) in [5.74, 6) is -1.95. The van der Waals surface area contributed by atoms with Crippen molar-refractivity contribution in [3.8, 4) is 0 Å². The van der Waals surface area contributed by atoms with Crippen molar-refractivity contribution >= 4 is 22.6 Å². The number of aliphatic hydroxyl groups is 1. The zero-order valence-corrected chi connectivity index (χ0v) is 14.7. The maximum Gasteiger partial charge on any atom is 0.341 e. The molecule has 0 amide bonds. The maximum atomic E-state index is 14.7. The van der Waals surface area contributed by atoms with Crippen molar-refractivity contribution in [3.05, 3.63) is 39.9 Å². The van der Waals surface area contributed by atoms with Gasteiger partial charge in [0.2, 0.25) is 5.43 Å². The standard InChI is InChI=1S/C19H23FN2O4/c1-2-3-4-7-21(11-23)17-9-16-13(8-15(17)20)18(24)14(19(25)26)10-22(16)12-5-6-12/h8-10,12,23H,2-7,11H2,1H3,(H,25,26). The number of halogens is 1. The Morgan fingerprint density at radius 1 is 1.35 bits per heavy atom. The van der Waals surface area contributed by atoms with Gasteiger partial charge in [-0.25, -0.2) is 9.18 Å². The molecule has 0 radical (unpaired) electrons. The Hall–Kier alpha value is -2.41. The van der Waals surface area contributed by atoms with Crippen LogP contribution < -0.4 is 10.3 Å². The third kappa shape index (κ3) is 3.44. The molecule has 7 heteroatoms. The molecule has 0 bridgehead atoms. The van der Waals surface area contributed by atoms with Gasteiger partial charge in [0.1, 0.15) is 18.1 Å². The Kier molecular flexibility index (Phi) is 5.27. The van der Waals surface area contributed by atoms with Crippen LogP contribution >= 0.6 is 0 Å². The molecule has 0 atom stereocenters. The predicted octanol–water partition coefficient (Wildman–Crippen LogP) is 3.12. The van der Waals surface area contributed by atoms with Crippen LogP contribution in [0.15, 0.2) is 23.1 Å². The van der Waals surface area contributed by atoms with E-state index in [4.69, 9.17) is 0 Å². The van der Waals surface area contributed by atoms with E-state index in [1.165, 1.54) is 11.1 Å². The van der Waals surface area contributed by atoms with Crippen molar-refractivity contribution in [2.45, 2.75) is 45.1 Å². The van der Waals surface area contributed by atoms with Gasteiger partial charge in [-0.3, -0.25) is 4.79 Å². The van der Waals surface area contributed by atoms with Crippen molar-refractivity contribution in [1.82, 2.24) is 4.57 Å². The van der Waals surface area contributed by atoms with Gasteiger partial charge in [0.05, 0.1) is 11.2 Å². The van der Waals surface area contributed by atoms with E-state index < -0.39 is 17.2 Å². The van der Waals surface area contributed by atoms with Crippen molar-refractivity contribution in [3.63, 3.8) is 0 Å². The van der Waals surface area contributed by atoms with Gasteiger partial charge < -0.3 is 19.7 Å². The molecule has 6 nitrogen and oxygen atoms in total. The van der Waals surface area contributed by atoms with E-state index in [0.717, 1.165) is 38.2 Å². The SMILES string of the molecule is CCCCCN(CO)c1cc2c(cc1F)c(=O)c(C(=O)O)cn2C1CC1. The summed E-state index contributed by atoms with van der Waals surface area (Å²) in [6.07, 6.45) is 5.95. The van der Waals surface area contributed by atoms with E-state index in [0.29, 0.717) is 12.1 Å². The Bertz CT molecular complexity index is 889. The Balaban J connectivity index is 2.14. The smallest absolute Gasteiger partial charge is 0.341 e. The van der Waals surface area contributed by atoms with Crippen LogP contribution in [0, 0.1) is 5.82 Å². The monoisotopic (exact) mass is 362 g/mol. The number of anilines is 1. The molecule has 1 aliphatic rings. The lowest BCUT2D eigenvalue weighted by atomic mass is 10.1. The number of aliphatic hydroxyl groups excluding tert-OH is 1. The highest BCUT2D eigenvalue weighted by Crippen LogP contribution is 2.38. The van der Waals surface area contributed by atoms with Crippen LogP contribution in [-0.2, 0) is 0 Å². The summed E-state index contributed by atoms with van der Waals surface area (Å²) in [6, 6.07) is 2.77. The van der Waals surface area contributed by atoms with E-state index in [1.807, 2.05) is 0 Å². The number of unbranched alkanes of at least 4 members (excludes halogenated alkanes) is 2. The molecule has 0 unspecified atom stereocenters. The molecule has 1 fully saturated rings. The summed E-state index contributed by atoms with van der Waals surface area (Å²) in [7, 11) is 0. The van der Waals surface area contributed by atoms with Gasteiger partial charge in [0.15, 0.2) is 0 Å². The summed E-state index contributed by atoms with van der Waals surface area (Å²) in [5, 5.41) is 19.0. The molecule has 1 heterocycles. The van der Waals surface area contributed by atoms with Gasteiger partial charge in [-0.15, -0.1) is 0 Å². The largest absolute Gasteiger partial charge is 0.477 e. The van der Waals surface area contributed by atoms with Crippen LogP contribution in [0.1, 0.15) is 55.4 Å². The maximum absolute atomic E-state index is 14.7. The predicted molar refractivity (Wildman–Crippen MR) is 97.4 cm³/mol. The number of nitrogens with zero attached hydrogens (tertiary/aromatic N) is 2. The van der Waals surface area contributed by atoms with Crippen molar-refractivity contribution in [2.75, 3.05) is 18.2 Å². The highest BCUT2D eigenvalue weighted by Gasteiger charge is 2.27. The number of aromatic nitrogens is 1. The van der Waals surface area contributed by atoms with Gasteiger partial charge in [-0.05, 0) is 31.4 Å². The van der Waals surface area contributed by atoms with Gasteiger partial charge in [0, 0.05) is 24.2 Å². The molecule has 0 aliphatic heterocycles. The van der Waals surface area contributed by atoms with Gasteiger partial charge in [-0.2, -0.15) is 0 Å². The number of rotatable bonds is 8. The van der Waals surface area contributed by atoms with Gasteiger partial charge in [0.25, 0.3) is 0 Å². The number of hydrogen-bond acceptors (Lipinski definition) is 4. The van der Waals surface area contributed by atoms with E-state index >= 15 is 0 Å². The van der Waals surface area contributed by atoms with Crippen LogP contribution in [-0.4, -0.2) is 34.0 Å². The summed E-state index contributed by atoms with van der Waals surface area (Å²) in [6.45, 7) is 2.24. The number of pyridine rings is 1. The number of fused-ring (bicyclic) bond motifs is 1. The average molecular weight is 362 g/mol. The quantitative estimate of drug-likeness (QED) is 0.557. The fourth-order valence-corrected chi connectivity index (χ4v) is 3.23. The molecule has 1 aromatic carbocycles. The first-order valence-corrected chi connectivity index (χ1v) is 8.95. The third-order valence-corrected chi connectivity index (χ3v) is 4.81. The normalized spacial score (nSPS) is 14.0. The topological polar surface area (TPSA) is 82.8 Å². The molecule has 0 spiro atoms. The second-order valence-electron chi connectivity index (χ2n) is 6.75. The molecule has 1 aliphatic carbocycles. The number of carbonyl (C=O) groups is 1. The molecule has 1 saturated carbocycles. The minimum Gasteiger partial charge on any atom is -0.477 e. The van der Waals surface area contributed by atoms with E-state index in [9.17, 15) is 24.2 Å². The molecule has 2 N–H and O–H groups in total. The molecule has 2 aromatic rings. The molecule has 26 heavy (non-hydrogen) atoms. The lowest BCUT2D eigenvalue weighted by Gasteiger charge is -2.24. The summed E-state index contributed by atoms with van der Waals surface area (Å²) in [5.41, 5.74) is -0.296. The average Bonchev–Trinajstić information content (AvgIpc) is 3.44. The number of aromatic carboxylic acids is 1. The number of hydrogen-bond donors (Lipinski definition) is 2. The van der Waals surface area contributed by atoms with Crippen molar-refractivity contribution < 1.29 is 19.4 Å². The molecule has 140 valence electrons. The Labute approximate surface area is 150 Å². The number of carboxylic acids is 1. The lowest BCUT2D eigenvalue weighted by Crippen LogP contribution is -2.27. The summed E-state index contributed by atoms with van der Waals surface area (Å²) >= 11 is 0. The van der Waals surface area contributed by atoms with Crippen LogP contribution in [0.4, 0.5) is 10.1 Å². The molecule has 1 aromatic heterocycles. The molecule has 3 rings (SSSR count). The van der Waals surface area contributed by atoms with Gasteiger partial charge in [-0.1, -0.05) is 19.8 Å². The first kappa shape index (κ1) is 18.4. The van der Waals surface area contributed by atoms with Crippen molar-refractivity contribution in [1.29, 1.82) is 0 Å². The summed E-state index contributed by atoms with van der Waals surface area (Å²) in [4.78, 5) is 25.4. The fraction of sp³-hybridized carbons (Fsp3) is 0.474. The van der Waals surface area contributed by atoms with Crippen LogP contribution in [0.5, 0.6) is 0 Å². The van der Waals surface area contributed by atoms with E-state index in [2.05, 4.69) is 6.92 Å². The molecular weight excluding hydrogens is 339 g/mol. The Morgan fingerprint density at radius 2 is 2.08 bits per heavy atom. The zero-order valence-electron chi connectivity index (χ0n) is 14.7. The van der Waals surface area contributed by atoms with Crippen LogP contribution in [0.25, 0.3) is 10.9 Å². The van der Waals surface area contributed by atoms with Crippen LogP contribution in [0.2, 0.25) is 0 Å². The van der Waals surface area contributed by atoms with E-state index in [-0.39, 0.29) is 29.4 Å². The van der Waals surface area contributed by atoms with Crippen molar-refractivity contribution in [2.24, 2.45) is 0 Å². The highest BCUT2D eigenvalue weighted by atomic mass is 19.1. The second kappa shape index (κ2) is 7.45. The van der Waals surface area contributed by atoms with Crippen LogP contribution in [0.3, 0.4) is 0 Å². The van der Waals surface area contributed by atoms with E-state index in [1.54, 1.807) is 10.6 Å². The number of carboxylic acid groups (broad SMARTS) is 1.